The van der Waals surface area contributed by atoms with Gasteiger partial charge in [-0.25, -0.2) is 0 Å². The zero-order valence-corrected chi connectivity index (χ0v) is 15.3. The van der Waals surface area contributed by atoms with Crippen molar-refractivity contribution in [1.82, 2.24) is 0 Å². The van der Waals surface area contributed by atoms with Gasteiger partial charge in [-0.3, -0.25) is 0 Å². The van der Waals surface area contributed by atoms with Crippen molar-refractivity contribution in [2.45, 2.75) is 51.7 Å². The lowest BCUT2D eigenvalue weighted by Gasteiger charge is -2.25. The Morgan fingerprint density at radius 2 is 1.85 bits per heavy atom. The highest BCUT2D eigenvalue weighted by Gasteiger charge is 2.28. The van der Waals surface area contributed by atoms with Crippen LogP contribution in [0.3, 0.4) is 0 Å². The fourth-order valence-corrected chi connectivity index (χ4v) is 4.00. The molecule has 0 radical (unpaired) electrons. The fraction of sp³-hybridized carbons (Fsp3) is 0.391. The van der Waals surface area contributed by atoms with Crippen LogP contribution in [0.25, 0.3) is 11.0 Å². The summed E-state index contributed by atoms with van der Waals surface area (Å²) in [6.07, 6.45) is 5.37. The summed E-state index contributed by atoms with van der Waals surface area (Å²) in [5.74, 6) is 1.87. The lowest BCUT2D eigenvalue weighted by Crippen LogP contribution is -2.16. The van der Waals surface area contributed by atoms with E-state index in [-0.39, 0.29) is 0 Å². The van der Waals surface area contributed by atoms with Crippen LogP contribution >= 0.6 is 0 Å². The van der Waals surface area contributed by atoms with Crippen LogP contribution in [0, 0.1) is 12.8 Å². The lowest BCUT2D eigenvalue weighted by atomic mass is 9.84. The molecule has 0 bridgehead atoms. The van der Waals surface area contributed by atoms with Crippen LogP contribution in [0.2, 0.25) is 0 Å². The molecule has 3 nitrogen and oxygen atoms in total. The van der Waals surface area contributed by atoms with E-state index >= 15 is 0 Å². The van der Waals surface area contributed by atoms with Crippen LogP contribution in [-0.4, -0.2) is 5.11 Å². The molecule has 1 aliphatic carbocycles. The van der Waals surface area contributed by atoms with E-state index < -0.39 is 6.10 Å². The minimum atomic E-state index is -0.503. The smallest absolute Gasteiger partial charge is 0.136 e. The van der Waals surface area contributed by atoms with Crippen LogP contribution in [0.4, 0.5) is 0 Å². The van der Waals surface area contributed by atoms with Gasteiger partial charge in [-0.1, -0.05) is 49.6 Å². The number of furan rings is 1. The molecule has 0 aliphatic heterocycles. The molecule has 1 unspecified atom stereocenters. The van der Waals surface area contributed by atoms with Gasteiger partial charge >= 0.3 is 0 Å². The number of aryl methyl sites for hydroxylation is 1. The first kappa shape index (κ1) is 17.2. The number of aliphatic hydroxyl groups is 1. The second-order valence-corrected chi connectivity index (χ2v) is 7.37. The number of rotatable bonds is 5. The van der Waals surface area contributed by atoms with Crippen LogP contribution in [0.5, 0.6) is 5.75 Å². The quantitative estimate of drug-likeness (QED) is 0.620. The molecule has 4 rings (SSSR count). The minimum Gasteiger partial charge on any atom is -0.489 e. The first-order valence-electron chi connectivity index (χ1n) is 9.60. The monoisotopic (exact) mass is 350 g/mol. The molecule has 3 aromatic rings. The van der Waals surface area contributed by atoms with Gasteiger partial charge in [0.2, 0.25) is 0 Å². The van der Waals surface area contributed by atoms with E-state index in [1.807, 2.05) is 43.3 Å². The van der Waals surface area contributed by atoms with E-state index in [2.05, 4.69) is 12.1 Å². The summed E-state index contributed by atoms with van der Waals surface area (Å²) in [6.45, 7) is 2.58. The first-order valence-corrected chi connectivity index (χ1v) is 9.60. The Morgan fingerprint density at radius 3 is 2.62 bits per heavy atom. The van der Waals surface area contributed by atoms with E-state index in [9.17, 15) is 5.11 Å². The Bertz CT molecular complexity index is 860. The summed E-state index contributed by atoms with van der Waals surface area (Å²) >= 11 is 0. The highest BCUT2D eigenvalue weighted by Crippen LogP contribution is 2.39. The van der Waals surface area contributed by atoms with Crippen LogP contribution in [0.1, 0.15) is 55.1 Å². The van der Waals surface area contributed by atoms with Gasteiger partial charge in [0.1, 0.15) is 29.8 Å². The largest absolute Gasteiger partial charge is 0.489 e. The fourth-order valence-electron chi connectivity index (χ4n) is 4.00. The average molecular weight is 350 g/mol. The standard InChI is InChI=1S/C23H26O3/c1-16-20-14-19(25-15-17-8-4-2-5-9-17)12-13-21(20)26-23(16)22(24)18-10-6-3-7-11-18/h2,4-5,8-9,12-14,18,22,24H,3,6-7,10-11,15H2,1H3. The topological polar surface area (TPSA) is 42.6 Å². The molecule has 1 aliphatic rings. The van der Waals surface area contributed by atoms with Gasteiger partial charge in [-0.15, -0.1) is 0 Å². The Labute approximate surface area is 154 Å². The number of aliphatic hydroxyl groups excluding tert-OH is 1. The van der Waals surface area contributed by atoms with E-state index in [1.54, 1.807) is 0 Å². The van der Waals surface area contributed by atoms with E-state index in [4.69, 9.17) is 9.15 Å². The summed E-state index contributed by atoms with van der Waals surface area (Å²) in [6, 6.07) is 16.0. The summed E-state index contributed by atoms with van der Waals surface area (Å²) < 4.78 is 12.0. The molecule has 26 heavy (non-hydrogen) atoms. The second kappa shape index (κ2) is 7.55. The molecular formula is C23H26O3. The predicted molar refractivity (Wildman–Crippen MR) is 103 cm³/mol. The van der Waals surface area contributed by atoms with Crippen LogP contribution < -0.4 is 4.74 Å². The molecule has 0 amide bonds. The molecule has 0 spiro atoms. The summed E-state index contributed by atoms with van der Waals surface area (Å²) in [5.41, 5.74) is 2.99. The molecule has 2 aromatic carbocycles. The molecule has 0 saturated heterocycles. The number of ether oxygens (including phenoxy) is 1. The maximum atomic E-state index is 10.8. The van der Waals surface area contributed by atoms with Crippen molar-refractivity contribution < 1.29 is 14.3 Å². The van der Waals surface area contributed by atoms with Crippen LogP contribution in [-0.2, 0) is 6.61 Å². The Hall–Kier alpha value is -2.26. The lowest BCUT2D eigenvalue weighted by molar-refractivity contribution is 0.0661. The second-order valence-electron chi connectivity index (χ2n) is 7.37. The molecule has 1 saturated carbocycles. The third-order valence-corrected chi connectivity index (χ3v) is 5.56. The maximum Gasteiger partial charge on any atom is 0.136 e. The number of fused-ring (bicyclic) bond motifs is 1. The molecule has 1 N–H and O–H groups in total. The minimum absolute atomic E-state index is 0.316. The normalized spacial score (nSPS) is 16.7. The zero-order valence-electron chi connectivity index (χ0n) is 15.3. The molecule has 1 aromatic heterocycles. The van der Waals surface area contributed by atoms with E-state index in [1.165, 1.54) is 19.3 Å². The first-order chi connectivity index (χ1) is 12.7. The Morgan fingerprint density at radius 1 is 1.08 bits per heavy atom. The van der Waals surface area contributed by atoms with E-state index in [0.717, 1.165) is 46.4 Å². The average Bonchev–Trinajstić information content (AvgIpc) is 3.03. The van der Waals surface area contributed by atoms with Gasteiger partial charge in [-0.2, -0.15) is 0 Å². The third-order valence-electron chi connectivity index (χ3n) is 5.56. The predicted octanol–water partition coefficient (Wildman–Crippen LogP) is 5.93. The Balaban J connectivity index is 1.55. The van der Waals surface area contributed by atoms with E-state index in [0.29, 0.717) is 12.5 Å². The number of hydrogen-bond acceptors (Lipinski definition) is 3. The van der Waals surface area contributed by atoms with Gasteiger partial charge in [0.25, 0.3) is 0 Å². The molecule has 136 valence electrons. The summed E-state index contributed by atoms with van der Waals surface area (Å²) in [4.78, 5) is 0. The molecule has 3 heteroatoms. The zero-order chi connectivity index (χ0) is 17.9. The maximum absolute atomic E-state index is 10.8. The van der Waals surface area contributed by atoms with Gasteiger partial charge in [0, 0.05) is 10.9 Å². The molecule has 1 fully saturated rings. The molecular weight excluding hydrogens is 324 g/mol. The third kappa shape index (κ3) is 3.49. The van der Waals surface area contributed by atoms with Gasteiger partial charge < -0.3 is 14.3 Å². The highest BCUT2D eigenvalue weighted by molar-refractivity contribution is 5.83. The van der Waals surface area contributed by atoms with Crippen molar-refractivity contribution in [3.63, 3.8) is 0 Å². The highest BCUT2D eigenvalue weighted by atomic mass is 16.5. The number of benzene rings is 2. The van der Waals surface area contributed by atoms with Crippen molar-refractivity contribution in [3.8, 4) is 5.75 Å². The summed E-state index contributed by atoms with van der Waals surface area (Å²) in [7, 11) is 0. The summed E-state index contributed by atoms with van der Waals surface area (Å²) in [5, 5.41) is 11.9. The van der Waals surface area contributed by atoms with Crippen molar-refractivity contribution in [3.05, 3.63) is 65.4 Å². The van der Waals surface area contributed by atoms with Gasteiger partial charge in [0.05, 0.1) is 0 Å². The van der Waals surface area contributed by atoms with Crippen molar-refractivity contribution in [2.24, 2.45) is 5.92 Å². The van der Waals surface area contributed by atoms with Crippen LogP contribution in [0.15, 0.2) is 52.9 Å². The van der Waals surface area contributed by atoms with Gasteiger partial charge in [0.15, 0.2) is 0 Å². The Kier molecular flexibility index (Phi) is 4.98. The SMILES string of the molecule is Cc1c(C(O)C2CCCCC2)oc2ccc(OCc3ccccc3)cc12. The van der Waals surface area contributed by atoms with Crippen molar-refractivity contribution >= 4 is 11.0 Å². The van der Waals surface area contributed by atoms with Crippen molar-refractivity contribution in [1.29, 1.82) is 0 Å². The number of hydrogen-bond donors (Lipinski definition) is 1. The van der Waals surface area contributed by atoms with Gasteiger partial charge in [-0.05, 0) is 49.4 Å². The van der Waals surface area contributed by atoms with Crippen molar-refractivity contribution in [2.75, 3.05) is 0 Å². The molecule has 1 atom stereocenters. The molecule has 1 heterocycles.